The van der Waals surface area contributed by atoms with Gasteiger partial charge in [0.25, 0.3) is 0 Å². The number of nitriles is 1. The first-order valence-electron chi connectivity index (χ1n) is 5.90. The molecule has 0 atom stereocenters. The van der Waals surface area contributed by atoms with Crippen LogP contribution in [0.15, 0.2) is 36.7 Å². The predicted octanol–water partition coefficient (Wildman–Crippen LogP) is 2.84. The van der Waals surface area contributed by atoms with Crippen LogP contribution in [0.3, 0.4) is 0 Å². The number of hydrogen-bond donors (Lipinski definition) is 1. The highest BCUT2D eigenvalue weighted by atomic mass is 15.0. The second-order valence-electron chi connectivity index (χ2n) is 3.87. The standard InChI is InChI=1S/C14H14N4/c1-2-7-17-14-11(9-15)5-6-13(18-14)12-4-3-8-16-10-12/h3-6,8,10H,2,7H2,1H3,(H,17,18). The van der Waals surface area contributed by atoms with E-state index in [-0.39, 0.29) is 0 Å². The van der Waals surface area contributed by atoms with Crippen LogP contribution in [0.4, 0.5) is 5.82 Å². The van der Waals surface area contributed by atoms with Gasteiger partial charge >= 0.3 is 0 Å². The topological polar surface area (TPSA) is 61.6 Å². The van der Waals surface area contributed by atoms with E-state index in [9.17, 15) is 0 Å². The Morgan fingerprint density at radius 1 is 1.33 bits per heavy atom. The summed E-state index contributed by atoms with van der Waals surface area (Å²) in [6.45, 7) is 2.88. The van der Waals surface area contributed by atoms with Gasteiger partial charge in [-0.15, -0.1) is 0 Å². The Kier molecular flexibility index (Phi) is 3.87. The highest BCUT2D eigenvalue weighted by Gasteiger charge is 2.06. The molecule has 0 fully saturated rings. The minimum atomic E-state index is 0.566. The van der Waals surface area contributed by atoms with Gasteiger partial charge in [-0.2, -0.15) is 5.26 Å². The summed E-state index contributed by atoms with van der Waals surface area (Å²) in [5.41, 5.74) is 2.33. The molecule has 0 aliphatic carbocycles. The van der Waals surface area contributed by atoms with Gasteiger partial charge in [0.1, 0.15) is 11.9 Å². The molecule has 0 unspecified atom stereocenters. The fourth-order valence-electron chi connectivity index (χ4n) is 1.60. The lowest BCUT2D eigenvalue weighted by Gasteiger charge is -2.08. The third-order valence-corrected chi connectivity index (χ3v) is 2.52. The van der Waals surface area contributed by atoms with Crippen LogP contribution < -0.4 is 5.32 Å². The Labute approximate surface area is 106 Å². The Morgan fingerprint density at radius 3 is 2.89 bits per heavy atom. The van der Waals surface area contributed by atoms with Crippen molar-refractivity contribution in [3.8, 4) is 17.3 Å². The molecule has 18 heavy (non-hydrogen) atoms. The van der Waals surface area contributed by atoms with Gasteiger partial charge in [-0.3, -0.25) is 4.98 Å². The fraction of sp³-hybridized carbons (Fsp3) is 0.214. The van der Waals surface area contributed by atoms with E-state index in [1.165, 1.54) is 0 Å². The van der Waals surface area contributed by atoms with Crippen LogP contribution in [0.5, 0.6) is 0 Å². The normalized spacial score (nSPS) is 9.78. The van der Waals surface area contributed by atoms with Gasteiger partial charge in [0, 0.05) is 24.5 Å². The van der Waals surface area contributed by atoms with Crippen molar-refractivity contribution in [3.63, 3.8) is 0 Å². The Bertz CT molecular complexity index is 558. The van der Waals surface area contributed by atoms with Crippen LogP contribution in [-0.2, 0) is 0 Å². The third kappa shape index (κ3) is 2.64. The van der Waals surface area contributed by atoms with E-state index >= 15 is 0 Å². The van der Waals surface area contributed by atoms with Gasteiger partial charge < -0.3 is 5.32 Å². The first-order chi connectivity index (χ1) is 8.85. The van der Waals surface area contributed by atoms with Gasteiger partial charge in [-0.1, -0.05) is 6.92 Å². The lowest BCUT2D eigenvalue weighted by Crippen LogP contribution is -2.04. The number of aromatic nitrogens is 2. The van der Waals surface area contributed by atoms with Crippen LogP contribution in [-0.4, -0.2) is 16.5 Å². The van der Waals surface area contributed by atoms with Crippen LogP contribution >= 0.6 is 0 Å². The Hall–Kier alpha value is -2.41. The SMILES string of the molecule is CCCNc1nc(-c2cccnc2)ccc1C#N. The van der Waals surface area contributed by atoms with Crippen molar-refractivity contribution in [2.45, 2.75) is 13.3 Å². The lowest BCUT2D eigenvalue weighted by atomic mass is 10.1. The second kappa shape index (κ2) is 5.78. The quantitative estimate of drug-likeness (QED) is 0.889. The minimum absolute atomic E-state index is 0.566. The molecule has 2 heterocycles. The molecule has 0 saturated carbocycles. The number of hydrogen-bond acceptors (Lipinski definition) is 4. The molecular formula is C14H14N4. The van der Waals surface area contributed by atoms with Crippen LogP contribution in [0, 0.1) is 11.3 Å². The Morgan fingerprint density at radius 2 is 2.22 bits per heavy atom. The largest absolute Gasteiger partial charge is 0.369 e. The van der Waals surface area contributed by atoms with Crippen molar-refractivity contribution >= 4 is 5.82 Å². The highest BCUT2D eigenvalue weighted by Crippen LogP contribution is 2.20. The number of rotatable bonds is 4. The van der Waals surface area contributed by atoms with E-state index < -0.39 is 0 Å². The lowest BCUT2D eigenvalue weighted by molar-refractivity contribution is 0.968. The van der Waals surface area contributed by atoms with Crippen molar-refractivity contribution in [1.82, 2.24) is 9.97 Å². The van der Waals surface area contributed by atoms with Gasteiger partial charge in [0.2, 0.25) is 0 Å². The summed E-state index contributed by atoms with van der Waals surface area (Å²) < 4.78 is 0. The maximum Gasteiger partial charge on any atom is 0.144 e. The van der Waals surface area contributed by atoms with Gasteiger partial charge in [0.15, 0.2) is 0 Å². The predicted molar refractivity (Wildman–Crippen MR) is 71.0 cm³/mol. The zero-order valence-corrected chi connectivity index (χ0v) is 10.2. The van der Waals surface area contributed by atoms with Crippen molar-refractivity contribution in [2.24, 2.45) is 0 Å². The molecule has 4 heteroatoms. The average molecular weight is 238 g/mol. The highest BCUT2D eigenvalue weighted by molar-refractivity contribution is 5.63. The summed E-state index contributed by atoms with van der Waals surface area (Å²) in [4.78, 5) is 8.55. The molecule has 2 aromatic heterocycles. The first kappa shape index (κ1) is 12.1. The second-order valence-corrected chi connectivity index (χ2v) is 3.87. The smallest absolute Gasteiger partial charge is 0.144 e. The summed E-state index contributed by atoms with van der Waals surface area (Å²) in [6, 6.07) is 9.59. The van der Waals surface area contributed by atoms with E-state index in [1.54, 1.807) is 18.5 Å². The molecular weight excluding hydrogens is 224 g/mol. The van der Waals surface area contributed by atoms with Crippen molar-refractivity contribution in [3.05, 3.63) is 42.2 Å². The first-order valence-corrected chi connectivity index (χ1v) is 5.90. The fourth-order valence-corrected chi connectivity index (χ4v) is 1.60. The van der Waals surface area contributed by atoms with Crippen molar-refractivity contribution < 1.29 is 0 Å². The molecule has 0 aliphatic heterocycles. The maximum absolute atomic E-state index is 9.04. The number of pyridine rings is 2. The molecule has 0 spiro atoms. The number of anilines is 1. The third-order valence-electron chi connectivity index (χ3n) is 2.52. The molecule has 0 saturated heterocycles. The minimum Gasteiger partial charge on any atom is -0.369 e. The average Bonchev–Trinajstić information content (AvgIpc) is 2.45. The molecule has 4 nitrogen and oxygen atoms in total. The summed E-state index contributed by atoms with van der Waals surface area (Å²) in [5.74, 6) is 0.640. The van der Waals surface area contributed by atoms with Gasteiger partial charge in [0.05, 0.1) is 11.3 Å². The van der Waals surface area contributed by atoms with Crippen molar-refractivity contribution in [2.75, 3.05) is 11.9 Å². The molecule has 0 aromatic carbocycles. The summed E-state index contributed by atoms with van der Waals surface area (Å²) in [6.07, 6.45) is 4.48. The van der Waals surface area contributed by atoms with E-state index in [2.05, 4.69) is 28.3 Å². The van der Waals surface area contributed by atoms with E-state index in [0.29, 0.717) is 11.4 Å². The molecule has 0 radical (unpaired) electrons. The number of nitrogens with zero attached hydrogens (tertiary/aromatic N) is 3. The molecule has 0 bridgehead atoms. The van der Waals surface area contributed by atoms with Gasteiger partial charge in [-0.25, -0.2) is 4.98 Å². The van der Waals surface area contributed by atoms with Crippen LogP contribution in [0.1, 0.15) is 18.9 Å². The zero-order valence-electron chi connectivity index (χ0n) is 10.2. The van der Waals surface area contributed by atoms with Crippen molar-refractivity contribution in [1.29, 1.82) is 5.26 Å². The molecule has 2 aromatic rings. The van der Waals surface area contributed by atoms with E-state index in [0.717, 1.165) is 24.2 Å². The van der Waals surface area contributed by atoms with Gasteiger partial charge in [-0.05, 0) is 30.7 Å². The number of nitrogens with one attached hydrogen (secondary N) is 1. The maximum atomic E-state index is 9.04. The zero-order chi connectivity index (χ0) is 12.8. The summed E-state index contributed by atoms with van der Waals surface area (Å²) >= 11 is 0. The van der Waals surface area contributed by atoms with Crippen LogP contribution in [0.2, 0.25) is 0 Å². The molecule has 0 aliphatic rings. The summed E-state index contributed by atoms with van der Waals surface area (Å²) in [7, 11) is 0. The Balaban J connectivity index is 2.37. The monoisotopic (exact) mass is 238 g/mol. The molecule has 1 N–H and O–H groups in total. The molecule has 90 valence electrons. The van der Waals surface area contributed by atoms with E-state index in [4.69, 9.17) is 5.26 Å². The molecule has 2 rings (SSSR count). The van der Waals surface area contributed by atoms with E-state index in [1.807, 2.05) is 18.2 Å². The molecule has 0 amide bonds. The summed E-state index contributed by atoms with van der Waals surface area (Å²) in [5, 5.41) is 12.2. The van der Waals surface area contributed by atoms with Crippen LogP contribution in [0.25, 0.3) is 11.3 Å².